The number of para-hydroxylation sites is 2. The standard InChI is InChI=1S/C43H38N2O2/c1-3-44-35-23-13-11-21-32(35)38(40(44)31-19-5-4-6-20-31)39-41(46)33(42(39)47)27-37-43(2,28-30-17-9-10-18-30)34-22-12-14-24-36(34)45(37)26-25-29-15-7-8-16-29/h4-24,27,29-30H,3,25-26,28H2,1-2H3. The first-order chi connectivity index (χ1) is 23.0. The molecule has 4 aromatic rings. The van der Waals surface area contributed by atoms with Crippen molar-refractivity contribution in [1.82, 2.24) is 4.57 Å². The molecule has 47 heavy (non-hydrogen) atoms. The summed E-state index contributed by atoms with van der Waals surface area (Å²) < 4.78 is 4.60. The number of hydrogen-bond acceptors (Lipinski definition) is 2. The highest BCUT2D eigenvalue weighted by Gasteiger charge is 2.49. The van der Waals surface area contributed by atoms with Gasteiger partial charge in [0.25, 0.3) is 0 Å². The van der Waals surface area contributed by atoms with Crippen LogP contribution in [-0.2, 0) is 16.8 Å². The van der Waals surface area contributed by atoms with Gasteiger partial charge in [-0.15, -0.1) is 0 Å². The van der Waals surface area contributed by atoms with Crippen molar-refractivity contribution in [2.45, 2.75) is 38.6 Å². The van der Waals surface area contributed by atoms with E-state index in [1.807, 2.05) is 42.5 Å². The lowest BCUT2D eigenvalue weighted by Gasteiger charge is -2.32. The number of fused-ring (bicyclic) bond motifs is 2. The van der Waals surface area contributed by atoms with Crippen molar-refractivity contribution in [3.05, 3.63) is 156 Å². The van der Waals surface area contributed by atoms with Gasteiger partial charge < -0.3 is 9.67 Å². The summed E-state index contributed by atoms with van der Waals surface area (Å²) >= 11 is 0. The maximum Gasteiger partial charge on any atom is 0.209 e. The van der Waals surface area contributed by atoms with E-state index in [1.165, 1.54) is 11.3 Å². The van der Waals surface area contributed by atoms with Gasteiger partial charge in [0.1, 0.15) is 6.54 Å². The largest absolute Gasteiger partial charge is 0.871 e. The minimum absolute atomic E-state index is 0.167. The Bertz CT molecular complexity index is 2130. The maximum atomic E-state index is 14.4. The van der Waals surface area contributed by atoms with E-state index >= 15 is 0 Å². The van der Waals surface area contributed by atoms with Crippen LogP contribution in [0, 0.1) is 11.8 Å². The molecule has 4 aliphatic rings. The van der Waals surface area contributed by atoms with Gasteiger partial charge >= 0.3 is 0 Å². The molecule has 3 aromatic carbocycles. The van der Waals surface area contributed by atoms with E-state index in [9.17, 15) is 9.90 Å². The Morgan fingerprint density at radius 3 is 2.23 bits per heavy atom. The molecule has 4 nitrogen and oxygen atoms in total. The molecule has 4 heteroatoms. The molecule has 0 N–H and O–H groups in total. The van der Waals surface area contributed by atoms with E-state index < -0.39 is 0 Å². The fraction of sp³-hybridized carbons (Fsp3) is 0.209. The van der Waals surface area contributed by atoms with E-state index in [4.69, 9.17) is 0 Å². The predicted octanol–water partition coefficient (Wildman–Crippen LogP) is 8.23. The molecule has 232 valence electrons. The molecule has 0 amide bonds. The summed E-state index contributed by atoms with van der Waals surface area (Å²) in [6, 6.07) is 26.8. The van der Waals surface area contributed by atoms with E-state index in [0.717, 1.165) is 59.4 Å². The monoisotopic (exact) mass is 614 g/mol. The van der Waals surface area contributed by atoms with Gasteiger partial charge in [0, 0.05) is 64.2 Å². The lowest BCUT2D eigenvalue weighted by Crippen LogP contribution is -2.36. The second-order valence-electron chi connectivity index (χ2n) is 13.2. The number of hydrogen-bond donors (Lipinski definition) is 0. The highest BCUT2D eigenvalue weighted by Crippen LogP contribution is 2.48. The Kier molecular flexibility index (Phi) is 7.17. The summed E-state index contributed by atoms with van der Waals surface area (Å²) in [5.41, 5.74) is 7.36. The van der Waals surface area contributed by atoms with Crippen LogP contribution in [0.2, 0.25) is 0 Å². The van der Waals surface area contributed by atoms with Gasteiger partial charge in [-0.25, -0.2) is 0 Å². The number of carbonyl (C=O) groups is 1. The summed E-state index contributed by atoms with van der Waals surface area (Å²) in [7, 11) is 0. The molecule has 0 fully saturated rings. The molecule has 2 heterocycles. The Balaban J connectivity index is 1.30. The number of benzene rings is 3. The predicted molar refractivity (Wildman–Crippen MR) is 189 cm³/mol. The number of aryl methyl sites for hydroxylation is 1. The molecule has 1 atom stereocenters. The van der Waals surface area contributed by atoms with Crippen molar-refractivity contribution >= 4 is 33.7 Å². The third-order valence-corrected chi connectivity index (χ3v) is 10.4. The Labute approximate surface area is 276 Å². The number of rotatable bonds is 9. The lowest BCUT2D eigenvalue weighted by molar-refractivity contribution is -0.439. The SMILES string of the molecule is CCn1c(-c2ccccc2)c(C2=C([O-])/C(=C/C3=[N+](CCC4C=CC=C4)c4ccccc4C3(C)CC3C=CC=C3)C2=O)c2ccccc21. The molecule has 1 aliphatic heterocycles. The van der Waals surface area contributed by atoms with Gasteiger partial charge in [0.15, 0.2) is 11.5 Å². The minimum atomic E-state index is -0.377. The van der Waals surface area contributed by atoms with Gasteiger partial charge in [-0.05, 0) is 37.8 Å². The van der Waals surface area contributed by atoms with Gasteiger partial charge in [0.2, 0.25) is 5.69 Å². The van der Waals surface area contributed by atoms with Crippen molar-refractivity contribution in [3.8, 4) is 11.3 Å². The summed E-state index contributed by atoms with van der Waals surface area (Å²) in [6.07, 6.45) is 21.2. The number of ketones is 1. The van der Waals surface area contributed by atoms with Crippen molar-refractivity contribution in [2.24, 2.45) is 11.8 Å². The molecule has 3 aliphatic carbocycles. The molecule has 0 radical (unpaired) electrons. The van der Waals surface area contributed by atoms with Gasteiger partial charge in [0.05, 0.1) is 11.1 Å². The molecule has 0 spiro atoms. The van der Waals surface area contributed by atoms with Crippen LogP contribution in [0.5, 0.6) is 0 Å². The zero-order chi connectivity index (χ0) is 32.1. The minimum Gasteiger partial charge on any atom is -0.871 e. The number of Topliss-reactive ketones (excluding diaryl/α,β-unsaturated/α-hetero) is 1. The second kappa shape index (κ2) is 11.5. The topological polar surface area (TPSA) is 48.1 Å². The van der Waals surface area contributed by atoms with Crippen molar-refractivity contribution in [3.63, 3.8) is 0 Å². The Morgan fingerprint density at radius 1 is 0.851 bits per heavy atom. The van der Waals surface area contributed by atoms with E-state index in [1.54, 1.807) is 0 Å². The molecular formula is C43H38N2O2. The Morgan fingerprint density at radius 2 is 1.51 bits per heavy atom. The fourth-order valence-corrected chi connectivity index (χ4v) is 8.16. The van der Waals surface area contributed by atoms with Gasteiger partial charge in [-0.3, -0.25) is 4.79 Å². The average Bonchev–Trinajstić information content (AvgIpc) is 3.91. The number of nitrogens with zero attached hydrogens (tertiary/aromatic N) is 2. The number of carbonyl (C=O) groups excluding carboxylic acids is 1. The zero-order valence-electron chi connectivity index (χ0n) is 26.9. The van der Waals surface area contributed by atoms with E-state index in [-0.39, 0.29) is 28.4 Å². The van der Waals surface area contributed by atoms with Crippen LogP contribution in [0.15, 0.2) is 145 Å². The highest BCUT2D eigenvalue weighted by atomic mass is 16.3. The van der Waals surface area contributed by atoms with E-state index in [0.29, 0.717) is 11.5 Å². The first-order valence-corrected chi connectivity index (χ1v) is 16.8. The van der Waals surface area contributed by atoms with Crippen molar-refractivity contribution < 1.29 is 14.5 Å². The first-order valence-electron chi connectivity index (χ1n) is 16.8. The quantitative estimate of drug-likeness (QED) is 0.141. The van der Waals surface area contributed by atoms with Crippen molar-refractivity contribution in [2.75, 3.05) is 6.54 Å². The molecule has 0 saturated heterocycles. The van der Waals surface area contributed by atoms with Crippen LogP contribution in [0.25, 0.3) is 27.7 Å². The summed E-state index contributed by atoms with van der Waals surface area (Å²) in [6.45, 7) is 5.91. The maximum absolute atomic E-state index is 14.4. The molecule has 0 bridgehead atoms. The zero-order valence-corrected chi connectivity index (χ0v) is 26.9. The summed E-state index contributed by atoms with van der Waals surface area (Å²) in [5.74, 6) is 0.326. The molecular weight excluding hydrogens is 576 g/mol. The van der Waals surface area contributed by atoms with Gasteiger partial charge in [-0.2, -0.15) is 4.58 Å². The fourth-order valence-electron chi connectivity index (χ4n) is 8.16. The first kappa shape index (κ1) is 29.2. The Hall–Kier alpha value is -5.22. The van der Waals surface area contributed by atoms with Gasteiger partial charge in [-0.1, -0.05) is 121 Å². The smallest absolute Gasteiger partial charge is 0.209 e. The van der Waals surface area contributed by atoms with Crippen molar-refractivity contribution in [1.29, 1.82) is 0 Å². The van der Waals surface area contributed by atoms with Crippen LogP contribution in [-0.4, -0.2) is 27.2 Å². The number of allylic oxidation sites excluding steroid dienone is 11. The van der Waals surface area contributed by atoms with Crippen LogP contribution in [0.3, 0.4) is 0 Å². The van der Waals surface area contributed by atoms with E-state index in [2.05, 4.69) is 114 Å². The molecule has 1 aromatic heterocycles. The normalized spacial score (nSPS) is 21.3. The van der Waals surface area contributed by atoms with Crippen LogP contribution >= 0.6 is 0 Å². The van der Waals surface area contributed by atoms with Crippen LogP contribution in [0.4, 0.5) is 5.69 Å². The average molecular weight is 615 g/mol. The third-order valence-electron chi connectivity index (χ3n) is 10.4. The lowest BCUT2D eigenvalue weighted by atomic mass is 9.71. The van der Waals surface area contributed by atoms with Crippen LogP contribution in [0.1, 0.15) is 37.8 Å². The number of aromatic nitrogens is 1. The molecule has 1 unspecified atom stereocenters. The molecule has 8 rings (SSSR count). The highest BCUT2D eigenvalue weighted by molar-refractivity contribution is 6.42. The third kappa shape index (κ3) is 4.66. The second-order valence-corrected chi connectivity index (χ2v) is 13.2. The molecule has 0 saturated carbocycles. The summed E-state index contributed by atoms with van der Waals surface area (Å²) in [4.78, 5) is 14.4. The van der Waals surface area contributed by atoms with Crippen LogP contribution < -0.4 is 5.11 Å². The summed E-state index contributed by atoms with van der Waals surface area (Å²) in [5, 5.41) is 15.3.